The first kappa shape index (κ1) is 10.3. The molecule has 0 saturated carbocycles. The number of aryl methyl sites for hydroxylation is 1. The number of nitrogens with one attached hydrogen (secondary N) is 2. The van der Waals surface area contributed by atoms with E-state index in [2.05, 4.69) is 29.5 Å². The zero-order chi connectivity index (χ0) is 10.7. The maximum absolute atomic E-state index is 4.40. The average molecular weight is 205 g/mol. The predicted molar refractivity (Wildman–Crippen MR) is 64.4 cm³/mol. The van der Waals surface area contributed by atoms with Crippen LogP contribution in [0.1, 0.15) is 31.7 Å². The quantitative estimate of drug-likeness (QED) is 0.779. The molecule has 0 spiro atoms. The predicted octanol–water partition coefficient (Wildman–Crippen LogP) is 2.79. The Labute approximate surface area is 91.3 Å². The van der Waals surface area contributed by atoms with Crippen LogP contribution >= 0.6 is 0 Å². The van der Waals surface area contributed by atoms with Crippen molar-refractivity contribution in [2.45, 2.75) is 39.2 Å². The van der Waals surface area contributed by atoms with Gasteiger partial charge in [0.15, 0.2) is 0 Å². The van der Waals surface area contributed by atoms with Crippen LogP contribution in [-0.2, 0) is 0 Å². The normalized spacial score (nSPS) is 19.7. The van der Waals surface area contributed by atoms with E-state index in [1.807, 2.05) is 12.3 Å². The van der Waals surface area contributed by atoms with Crippen LogP contribution in [0.2, 0.25) is 0 Å². The van der Waals surface area contributed by atoms with Crippen molar-refractivity contribution in [1.82, 2.24) is 4.98 Å². The lowest BCUT2D eigenvalue weighted by atomic mass is 10.1. The van der Waals surface area contributed by atoms with Gasteiger partial charge in [-0.2, -0.15) is 0 Å². The van der Waals surface area contributed by atoms with Gasteiger partial charge >= 0.3 is 0 Å². The van der Waals surface area contributed by atoms with Gasteiger partial charge in [-0.1, -0.05) is 13.3 Å². The Bertz CT molecular complexity index is 336. The molecular formula is C12H19N3. The van der Waals surface area contributed by atoms with E-state index in [4.69, 9.17) is 0 Å². The van der Waals surface area contributed by atoms with Gasteiger partial charge in [0.05, 0.1) is 5.69 Å². The van der Waals surface area contributed by atoms with Crippen LogP contribution < -0.4 is 10.6 Å². The molecule has 3 heteroatoms. The van der Waals surface area contributed by atoms with Crippen molar-refractivity contribution in [2.75, 3.05) is 17.2 Å². The van der Waals surface area contributed by atoms with Crippen LogP contribution in [0.3, 0.4) is 0 Å². The van der Waals surface area contributed by atoms with Gasteiger partial charge in [0.25, 0.3) is 0 Å². The second-order valence-electron chi connectivity index (χ2n) is 4.20. The topological polar surface area (TPSA) is 37.0 Å². The summed E-state index contributed by atoms with van der Waals surface area (Å²) in [5.74, 6) is 1.02. The molecule has 0 saturated heterocycles. The molecule has 15 heavy (non-hydrogen) atoms. The molecular weight excluding hydrogens is 186 g/mol. The van der Waals surface area contributed by atoms with Gasteiger partial charge in [0.2, 0.25) is 0 Å². The van der Waals surface area contributed by atoms with Gasteiger partial charge in [-0.3, -0.25) is 0 Å². The molecule has 1 aromatic heterocycles. The minimum absolute atomic E-state index is 0.568. The van der Waals surface area contributed by atoms with Crippen molar-refractivity contribution in [3.8, 4) is 0 Å². The second-order valence-corrected chi connectivity index (χ2v) is 4.20. The van der Waals surface area contributed by atoms with Crippen molar-refractivity contribution in [3.63, 3.8) is 0 Å². The highest BCUT2D eigenvalue weighted by Crippen LogP contribution is 2.27. The van der Waals surface area contributed by atoms with E-state index in [9.17, 15) is 0 Å². The number of rotatable bonds is 2. The molecule has 0 bridgehead atoms. The molecule has 0 aliphatic carbocycles. The van der Waals surface area contributed by atoms with Crippen LogP contribution in [0.4, 0.5) is 11.5 Å². The lowest BCUT2D eigenvalue weighted by Gasteiger charge is -2.15. The highest BCUT2D eigenvalue weighted by atomic mass is 15.1. The van der Waals surface area contributed by atoms with Crippen LogP contribution in [0.25, 0.3) is 0 Å². The largest absolute Gasteiger partial charge is 0.382 e. The first-order chi connectivity index (χ1) is 7.31. The van der Waals surface area contributed by atoms with Gasteiger partial charge < -0.3 is 10.6 Å². The summed E-state index contributed by atoms with van der Waals surface area (Å²) >= 11 is 0. The third kappa shape index (κ3) is 2.22. The standard InChI is InChI=1S/C12H19N3/c1-3-4-10-6-8-13-11-9(2)5-7-14-12(11)15-10/h5,7,10,13H,3-4,6,8H2,1-2H3,(H,14,15). The number of nitrogens with zero attached hydrogens (tertiary/aromatic N) is 1. The van der Waals surface area contributed by atoms with E-state index >= 15 is 0 Å². The Balaban J connectivity index is 2.22. The first-order valence-corrected chi connectivity index (χ1v) is 5.77. The molecule has 0 fully saturated rings. The zero-order valence-electron chi connectivity index (χ0n) is 9.51. The lowest BCUT2D eigenvalue weighted by molar-refractivity contribution is 0.614. The monoisotopic (exact) mass is 205 g/mol. The fraction of sp³-hybridized carbons (Fsp3) is 0.583. The van der Waals surface area contributed by atoms with Crippen LogP contribution in [0.5, 0.6) is 0 Å². The van der Waals surface area contributed by atoms with E-state index in [0.717, 1.165) is 12.4 Å². The third-order valence-electron chi connectivity index (χ3n) is 2.93. The Kier molecular flexibility index (Phi) is 3.09. The SMILES string of the molecule is CCCC1CCNc2c(C)ccnc2N1. The van der Waals surface area contributed by atoms with Gasteiger partial charge in [-0.15, -0.1) is 0 Å². The van der Waals surface area contributed by atoms with Crippen molar-refractivity contribution in [2.24, 2.45) is 0 Å². The summed E-state index contributed by atoms with van der Waals surface area (Å²) in [4.78, 5) is 4.40. The Morgan fingerprint density at radius 3 is 3.20 bits per heavy atom. The van der Waals surface area contributed by atoms with E-state index < -0.39 is 0 Å². The minimum atomic E-state index is 0.568. The van der Waals surface area contributed by atoms with Gasteiger partial charge in [0.1, 0.15) is 5.82 Å². The molecule has 82 valence electrons. The summed E-state index contributed by atoms with van der Waals surface area (Å²) in [6, 6.07) is 2.62. The molecule has 1 unspecified atom stereocenters. The van der Waals surface area contributed by atoms with Gasteiger partial charge in [-0.05, 0) is 31.4 Å². The summed E-state index contributed by atoms with van der Waals surface area (Å²) in [7, 11) is 0. The minimum Gasteiger partial charge on any atom is -0.382 e. The maximum atomic E-state index is 4.40. The van der Waals surface area contributed by atoms with E-state index in [1.165, 1.54) is 30.5 Å². The number of anilines is 2. The average Bonchev–Trinajstić information content (AvgIpc) is 2.41. The molecule has 0 radical (unpaired) electrons. The molecule has 2 rings (SSSR count). The molecule has 1 aromatic rings. The lowest BCUT2D eigenvalue weighted by Crippen LogP contribution is -2.19. The summed E-state index contributed by atoms with van der Waals surface area (Å²) in [5.41, 5.74) is 2.45. The van der Waals surface area contributed by atoms with Gasteiger partial charge in [0, 0.05) is 18.8 Å². The summed E-state index contributed by atoms with van der Waals surface area (Å²) in [6.45, 7) is 5.39. The Morgan fingerprint density at radius 2 is 2.40 bits per heavy atom. The molecule has 1 aliphatic rings. The van der Waals surface area contributed by atoms with Crippen LogP contribution in [0.15, 0.2) is 12.3 Å². The Hall–Kier alpha value is -1.25. The smallest absolute Gasteiger partial charge is 0.149 e. The number of fused-ring (bicyclic) bond motifs is 1. The number of hydrogen-bond acceptors (Lipinski definition) is 3. The Morgan fingerprint density at radius 1 is 1.53 bits per heavy atom. The van der Waals surface area contributed by atoms with E-state index in [1.54, 1.807) is 0 Å². The van der Waals surface area contributed by atoms with Crippen LogP contribution in [-0.4, -0.2) is 17.6 Å². The van der Waals surface area contributed by atoms with E-state index in [-0.39, 0.29) is 0 Å². The molecule has 0 aromatic carbocycles. The summed E-state index contributed by atoms with van der Waals surface area (Å²) in [5, 5.41) is 6.98. The first-order valence-electron chi connectivity index (χ1n) is 5.77. The van der Waals surface area contributed by atoms with Crippen molar-refractivity contribution >= 4 is 11.5 Å². The number of pyridine rings is 1. The third-order valence-corrected chi connectivity index (χ3v) is 2.93. The fourth-order valence-corrected chi connectivity index (χ4v) is 2.09. The molecule has 2 N–H and O–H groups in total. The fourth-order valence-electron chi connectivity index (χ4n) is 2.09. The maximum Gasteiger partial charge on any atom is 0.149 e. The molecule has 0 amide bonds. The second kappa shape index (κ2) is 4.51. The number of hydrogen-bond donors (Lipinski definition) is 2. The van der Waals surface area contributed by atoms with Crippen molar-refractivity contribution < 1.29 is 0 Å². The molecule has 1 aliphatic heterocycles. The van der Waals surface area contributed by atoms with Gasteiger partial charge in [-0.25, -0.2) is 4.98 Å². The number of aromatic nitrogens is 1. The van der Waals surface area contributed by atoms with Crippen LogP contribution in [0, 0.1) is 6.92 Å². The highest BCUT2D eigenvalue weighted by molar-refractivity contribution is 5.69. The highest BCUT2D eigenvalue weighted by Gasteiger charge is 2.16. The molecule has 3 nitrogen and oxygen atoms in total. The summed E-state index contributed by atoms with van der Waals surface area (Å²) in [6.07, 6.45) is 5.48. The molecule has 2 heterocycles. The zero-order valence-corrected chi connectivity index (χ0v) is 9.51. The van der Waals surface area contributed by atoms with E-state index in [0.29, 0.717) is 6.04 Å². The summed E-state index contributed by atoms with van der Waals surface area (Å²) < 4.78 is 0. The molecule has 1 atom stereocenters. The van der Waals surface area contributed by atoms with Crippen molar-refractivity contribution in [1.29, 1.82) is 0 Å². The van der Waals surface area contributed by atoms with Crippen molar-refractivity contribution in [3.05, 3.63) is 17.8 Å².